The molecule has 2 aliphatic heterocycles. The minimum absolute atomic E-state index is 0.0657. The Bertz CT molecular complexity index is 607. The maximum atomic E-state index is 12.7. The van der Waals surface area contributed by atoms with Gasteiger partial charge < -0.3 is 4.90 Å². The molecule has 0 spiro atoms. The van der Waals surface area contributed by atoms with E-state index in [1.165, 1.54) is 12.0 Å². The number of aliphatic imine (C=N–C) groups is 1. The van der Waals surface area contributed by atoms with E-state index in [1.54, 1.807) is 23.5 Å². The number of para-hydroxylation sites is 1. The highest BCUT2D eigenvalue weighted by Crippen LogP contribution is 2.36. The molecule has 0 radical (unpaired) electrons. The van der Waals surface area contributed by atoms with Crippen molar-refractivity contribution >= 4 is 39.5 Å². The van der Waals surface area contributed by atoms with Crippen molar-refractivity contribution in [3.8, 4) is 0 Å². The van der Waals surface area contributed by atoms with Crippen LogP contribution in [0.25, 0.3) is 0 Å². The van der Waals surface area contributed by atoms with E-state index >= 15 is 0 Å². The number of nitrogens with zero attached hydrogens (tertiary/aromatic N) is 2. The van der Waals surface area contributed by atoms with Crippen molar-refractivity contribution in [2.24, 2.45) is 16.8 Å². The van der Waals surface area contributed by atoms with Crippen LogP contribution < -0.4 is 0 Å². The highest BCUT2D eigenvalue weighted by Gasteiger charge is 2.29. The molecule has 124 valence electrons. The number of benzene rings is 1. The molecule has 23 heavy (non-hydrogen) atoms. The van der Waals surface area contributed by atoms with Gasteiger partial charge in [-0.2, -0.15) is 0 Å². The standard InChI is InChI=1S/C18H24N2OS2/c1-12-8-13(2)10-20(9-12)17(21)14(3)23-18-19-16-7-5-4-6-15(16)11-22-18/h4-7,12-14H,8-11H2,1-3H3. The van der Waals surface area contributed by atoms with Gasteiger partial charge >= 0.3 is 0 Å². The zero-order chi connectivity index (χ0) is 16.4. The molecule has 5 heteroatoms. The summed E-state index contributed by atoms with van der Waals surface area (Å²) in [4.78, 5) is 19.5. The maximum Gasteiger partial charge on any atom is 0.235 e. The van der Waals surface area contributed by atoms with E-state index in [0.717, 1.165) is 28.9 Å². The van der Waals surface area contributed by atoms with Gasteiger partial charge in [0.2, 0.25) is 5.91 Å². The third kappa shape index (κ3) is 4.13. The first-order valence-electron chi connectivity index (χ1n) is 8.27. The zero-order valence-electron chi connectivity index (χ0n) is 14.0. The number of thioether (sulfide) groups is 2. The lowest BCUT2D eigenvalue weighted by molar-refractivity contribution is -0.132. The predicted octanol–water partition coefficient (Wildman–Crippen LogP) is 4.55. The van der Waals surface area contributed by atoms with Crippen LogP contribution in [0.4, 0.5) is 5.69 Å². The Morgan fingerprint density at radius 2 is 2.00 bits per heavy atom. The Labute approximate surface area is 147 Å². The summed E-state index contributed by atoms with van der Waals surface area (Å²) in [6.07, 6.45) is 1.23. The van der Waals surface area contributed by atoms with Crippen LogP contribution in [0.15, 0.2) is 29.3 Å². The molecule has 0 N–H and O–H groups in total. The van der Waals surface area contributed by atoms with Crippen molar-refractivity contribution in [3.63, 3.8) is 0 Å². The Kier molecular flexibility index (Phi) is 5.37. The van der Waals surface area contributed by atoms with E-state index in [2.05, 4.69) is 36.9 Å². The lowest BCUT2D eigenvalue weighted by Crippen LogP contribution is -2.45. The van der Waals surface area contributed by atoms with Gasteiger partial charge in [-0.05, 0) is 36.8 Å². The zero-order valence-corrected chi connectivity index (χ0v) is 15.6. The average Bonchev–Trinajstić information content (AvgIpc) is 2.53. The largest absolute Gasteiger partial charge is 0.341 e. The second-order valence-electron chi connectivity index (χ2n) is 6.74. The fraction of sp³-hybridized carbons (Fsp3) is 0.556. The number of hydrogen-bond acceptors (Lipinski definition) is 4. The smallest absolute Gasteiger partial charge is 0.235 e. The van der Waals surface area contributed by atoms with Gasteiger partial charge in [-0.25, -0.2) is 4.99 Å². The Morgan fingerprint density at radius 1 is 1.30 bits per heavy atom. The molecule has 1 aromatic carbocycles. The van der Waals surface area contributed by atoms with Crippen LogP contribution in [0.1, 0.15) is 32.8 Å². The second kappa shape index (κ2) is 7.31. The van der Waals surface area contributed by atoms with E-state index in [9.17, 15) is 4.79 Å². The molecular weight excluding hydrogens is 324 g/mol. The van der Waals surface area contributed by atoms with Crippen molar-refractivity contribution in [2.75, 3.05) is 13.1 Å². The monoisotopic (exact) mass is 348 g/mol. The number of carbonyl (C=O) groups excluding carboxylic acids is 1. The van der Waals surface area contributed by atoms with Gasteiger partial charge in [0.15, 0.2) is 0 Å². The van der Waals surface area contributed by atoms with E-state index in [4.69, 9.17) is 4.99 Å². The quantitative estimate of drug-likeness (QED) is 0.786. The molecule has 0 aliphatic carbocycles. The second-order valence-corrected chi connectivity index (χ2v) is 9.30. The number of hydrogen-bond donors (Lipinski definition) is 0. The molecule has 1 amide bonds. The summed E-state index contributed by atoms with van der Waals surface area (Å²) in [5.74, 6) is 2.41. The molecule has 2 heterocycles. The number of piperidine rings is 1. The van der Waals surface area contributed by atoms with Gasteiger partial charge in [0.25, 0.3) is 0 Å². The maximum absolute atomic E-state index is 12.7. The fourth-order valence-corrected chi connectivity index (χ4v) is 5.65. The van der Waals surface area contributed by atoms with Crippen molar-refractivity contribution in [1.82, 2.24) is 4.90 Å². The topological polar surface area (TPSA) is 32.7 Å². The minimum atomic E-state index is -0.0657. The van der Waals surface area contributed by atoms with Crippen LogP contribution in [0.2, 0.25) is 0 Å². The highest BCUT2D eigenvalue weighted by molar-refractivity contribution is 8.39. The highest BCUT2D eigenvalue weighted by atomic mass is 32.2. The van der Waals surface area contributed by atoms with Gasteiger partial charge in [-0.3, -0.25) is 4.79 Å². The summed E-state index contributed by atoms with van der Waals surface area (Å²) in [5, 5.41) is -0.0657. The molecule has 1 fully saturated rings. The number of fused-ring (bicyclic) bond motifs is 1. The van der Waals surface area contributed by atoms with Crippen LogP contribution in [0.5, 0.6) is 0 Å². The molecule has 3 nitrogen and oxygen atoms in total. The fourth-order valence-electron chi connectivity index (χ4n) is 3.37. The van der Waals surface area contributed by atoms with Gasteiger partial charge in [-0.15, -0.1) is 0 Å². The number of likely N-dealkylation sites (tertiary alicyclic amines) is 1. The molecule has 3 unspecified atom stereocenters. The summed E-state index contributed by atoms with van der Waals surface area (Å²) >= 11 is 3.35. The van der Waals surface area contributed by atoms with Crippen LogP contribution in [-0.2, 0) is 10.5 Å². The van der Waals surface area contributed by atoms with E-state index in [0.29, 0.717) is 11.8 Å². The molecule has 2 aliphatic rings. The summed E-state index contributed by atoms with van der Waals surface area (Å²) in [6.45, 7) is 8.30. The predicted molar refractivity (Wildman–Crippen MR) is 101 cm³/mol. The molecule has 3 rings (SSSR count). The molecule has 0 bridgehead atoms. The van der Waals surface area contributed by atoms with Crippen molar-refractivity contribution in [3.05, 3.63) is 29.8 Å². The minimum Gasteiger partial charge on any atom is -0.341 e. The molecular formula is C18H24N2OS2. The Balaban J connectivity index is 1.64. The molecule has 1 saturated heterocycles. The lowest BCUT2D eigenvalue weighted by atomic mass is 9.92. The molecule has 3 atom stereocenters. The summed E-state index contributed by atoms with van der Waals surface area (Å²) < 4.78 is 1.02. The third-order valence-electron chi connectivity index (χ3n) is 4.36. The molecule has 0 saturated carbocycles. The van der Waals surface area contributed by atoms with E-state index in [-0.39, 0.29) is 11.2 Å². The van der Waals surface area contributed by atoms with Crippen LogP contribution in [0, 0.1) is 11.8 Å². The first-order valence-corrected chi connectivity index (χ1v) is 10.1. The number of carbonyl (C=O) groups is 1. The normalized spacial score (nSPS) is 25.5. The Morgan fingerprint density at radius 3 is 2.74 bits per heavy atom. The van der Waals surface area contributed by atoms with E-state index in [1.807, 2.05) is 13.0 Å². The van der Waals surface area contributed by atoms with Crippen molar-refractivity contribution in [1.29, 1.82) is 0 Å². The molecule has 1 aromatic rings. The van der Waals surface area contributed by atoms with Crippen LogP contribution in [-0.4, -0.2) is 33.5 Å². The van der Waals surface area contributed by atoms with Crippen molar-refractivity contribution in [2.45, 2.75) is 38.2 Å². The number of rotatable bonds is 2. The van der Waals surface area contributed by atoms with Gasteiger partial charge in [-0.1, -0.05) is 55.6 Å². The van der Waals surface area contributed by atoms with E-state index < -0.39 is 0 Å². The number of amides is 1. The first kappa shape index (κ1) is 16.9. The van der Waals surface area contributed by atoms with Gasteiger partial charge in [0.05, 0.1) is 10.9 Å². The summed E-state index contributed by atoms with van der Waals surface area (Å²) in [6, 6.07) is 8.25. The summed E-state index contributed by atoms with van der Waals surface area (Å²) in [5.41, 5.74) is 2.33. The SMILES string of the molecule is CC1CC(C)CN(C(=O)C(C)SC2=Nc3ccccc3CS2)C1. The molecule has 0 aromatic heterocycles. The van der Waals surface area contributed by atoms with Crippen LogP contribution in [0.3, 0.4) is 0 Å². The van der Waals surface area contributed by atoms with Crippen LogP contribution >= 0.6 is 23.5 Å². The van der Waals surface area contributed by atoms with Gasteiger partial charge in [0.1, 0.15) is 4.38 Å². The average molecular weight is 349 g/mol. The van der Waals surface area contributed by atoms with Gasteiger partial charge in [0, 0.05) is 18.8 Å². The summed E-state index contributed by atoms with van der Waals surface area (Å²) in [7, 11) is 0. The Hall–Kier alpha value is -0.940. The third-order valence-corrected chi connectivity index (χ3v) is 6.64. The lowest BCUT2D eigenvalue weighted by Gasteiger charge is -2.36. The first-order chi connectivity index (χ1) is 11.0. The van der Waals surface area contributed by atoms with Crippen molar-refractivity contribution < 1.29 is 4.79 Å².